The number of carbonyl (C=O) groups excluding carboxylic acids is 1. The molecule has 3 rings (SSSR count). The fourth-order valence-electron chi connectivity index (χ4n) is 2.17. The second kappa shape index (κ2) is 5.44. The highest BCUT2D eigenvalue weighted by atomic mass is 16.4. The van der Waals surface area contributed by atoms with Crippen LogP contribution in [0.3, 0.4) is 0 Å². The van der Waals surface area contributed by atoms with Crippen LogP contribution in [0.4, 0.5) is 0 Å². The third-order valence-electron chi connectivity index (χ3n) is 3.59. The van der Waals surface area contributed by atoms with Crippen molar-refractivity contribution < 1.29 is 9.21 Å². The monoisotopic (exact) mass is 294 g/mol. The maximum absolute atomic E-state index is 12.2. The van der Waals surface area contributed by atoms with Gasteiger partial charge in [-0.2, -0.15) is 5.10 Å². The standard InChI is InChI=1S/C17H14N2O3/c1-11-13(10-18-19(11)2)7-8-15(20)14-9-12-5-3-4-6-16(12)22-17(14)21/h3-10H,1-2H3/b8-7+. The lowest BCUT2D eigenvalue weighted by Gasteiger charge is -1.98. The van der Waals surface area contributed by atoms with E-state index in [9.17, 15) is 9.59 Å². The zero-order valence-electron chi connectivity index (χ0n) is 12.2. The van der Waals surface area contributed by atoms with E-state index in [2.05, 4.69) is 5.10 Å². The molecule has 0 spiro atoms. The summed E-state index contributed by atoms with van der Waals surface area (Å²) in [6.07, 6.45) is 4.69. The summed E-state index contributed by atoms with van der Waals surface area (Å²) in [7, 11) is 1.83. The molecule has 0 radical (unpaired) electrons. The highest BCUT2D eigenvalue weighted by Gasteiger charge is 2.11. The molecule has 110 valence electrons. The molecule has 2 aromatic heterocycles. The smallest absolute Gasteiger partial charge is 0.347 e. The van der Waals surface area contributed by atoms with Gasteiger partial charge in [0.2, 0.25) is 0 Å². The highest BCUT2D eigenvalue weighted by Crippen LogP contribution is 2.14. The number of ketones is 1. The number of rotatable bonds is 3. The lowest BCUT2D eigenvalue weighted by Crippen LogP contribution is -2.11. The van der Waals surface area contributed by atoms with Crippen molar-refractivity contribution in [2.45, 2.75) is 6.92 Å². The largest absolute Gasteiger partial charge is 0.422 e. The average Bonchev–Trinajstić information content (AvgIpc) is 2.83. The number of carbonyl (C=O) groups is 1. The summed E-state index contributed by atoms with van der Waals surface area (Å²) in [5.74, 6) is -0.386. The fraction of sp³-hybridized carbons (Fsp3) is 0.118. The Morgan fingerprint density at radius 1 is 1.32 bits per heavy atom. The number of para-hydroxylation sites is 1. The lowest BCUT2D eigenvalue weighted by atomic mass is 10.1. The first-order chi connectivity index (χ1) is 10.6. The van der Waals surface area contributed by atoms with Crippen LogP contribution in [0.2, 0.25) is 0 Å². The number of aryl methyl sites for hydroxylation is 1. The summed E-state index contributed by atoms with van der Waals surface area (Å²) in [5, 5.41) is 4.82. The molecule has 5 heteroatoms. The predicted molar refractivity (Wildman–Crippen MR) is 83.8 cm³/mol. The maximum atomic E-state index is 12.2. The van der Waals surface area contributed by atoms with E-state index in [0.29, 0.717) is 5.58 Å². The van der Waals surface area contributed by atoms with Gasteiger partial charge in [0, 0.05) is 23.7 Å². The molecule has 0 atom stereocenters. The SMILES string of the molecule is Cc1c(/C=C/C(=O)c2cc3ccccc3oc2=O)cnn1C. The molecule has 0 saturated heterocycles. The average molecular weight is 294 g/mol. The minimum atomic E-state index is -0.628. The molecular formula is C17H14N2O3. The minimum Gasteiger partial charge on any atom is -0.422 e. The third kappa shape index (κ3) is 2.48. The van der Waals surface area contributed by atoms with E-state index in [1.807, 2.05) is 20.0 Å². The molecule has 0 aliphatic carbocycles. The molecule has 0 amide bonds. The lowest BCUT2D eigenvalue weighted by molar-refractivity contribution is 0.104. The van der Waals surface area contributed by atoms with Crippen LogP contribution in [0.5, 0.6) is 0 Å². The van der Waals surface area contributed by atoms with Gasteiger partial charge >= 0.3 is 5.63 Å². The quantitative estimate of drug-likeness (QED) is 0.423. The Morgan fingerprint density at radius 3 is 2.82 bits per heavy atom. The summed E-state index contributed by atoms with van der Waals surface area (Å²) in [6, 6.07) is 8.65. The van der Waals surface area contributed by atoms with Gasteiger partial charge in [-0.05, 0) is 31.2 Å². The highest BCUT2D eigenvalue weighted by molar-refractivity contribution is 6.07. The maximum Gasteiger partial charge on any atom is 0.347 e. The molecule has 0 fully saturated rings. The molecule has 0 saturated carbocycles. The molecule has 0 unspecified atom stereocenters. The van der Waals surface area contributed by atoms with Crippen molar-refractivity contribution in [3.63, 3.8) is 0 Å². The van der Waals surface area contributed by atoms with Crippen LogP contribution < -0.4 is 5.63 Å². The van der Waals surface area contributed by atoms with Crippen LogP contribution in [0, 0.1) is 6.92 Å². The molecule has 0 bridgehead atoms. The first-order valence-corrected chi connectivity index (χ1v) is 6.80. The molecule has 2 heterocycles. The molecule has 0 aliphatic rings. The molecule has 5 nitrogen and oxygen atoms in total. The number of nitrogens with zero attached hydrogens (tertiary/aromatic N) is 2. The molecule has 1 aromatic carbocycles. The first-order valence-electron chi connectivity index (χ1n) is 6.80. The van der Waals surface area contributed by atoms with E-state index in [1.54, 1.807) is 41.2 Å². The molecule has 0 N–H and O–H groups in total. The summed E-state index contributed by atoms with van der Waals surface area (Å²) in [4.78, 5) is 24.1. The van der Waals surface area contributed by atoms with E-state index in [0.717, 1.165) is 16.6 Å². The fourth-order valence-corrected chi connectivity index (χ4v) is 2.17. The molecule has 22 heavy (non-hydrogen) atoms. The van der Waals surface area contributed by atoms with Gasteiger partial charge < -0.3 is 4.42 Å². The summed E-state index contributed by atoms with van der Waals surface area (Å²) in [5.41, 5.74) is 1.64. The van der Waals surface area contributed by atoms with E-state index in [-0.39, 0.29) is 11.3 Å². The Hall–Kier alpha value is -2.95. The van der Waals surface area contributed by atoms with Crippen LogP contribution in [0.1, 0.15) is 21.6 Å². The number of benzene rings is 1. The van der Waals surface area contributed by atoms with Gasteiger partial charge in [-0.3, -0.25) is 9.48 Å². The van der Waals surface area contributed by atoms with Crippen LogP contribution in [-0.4, -0.2) is 15.6 Å². The Bertz CT molecular complexity index is 948. The summed E-state index contributed by atoms with van der Waals surface area (Å²) < 4.78 is 6.88. The minimum absolute atomic E-state index is 0.0245. The Balaban J connectivity index is 1.97. The van der Waals surface area contributed by atoms with Gasteiger partial charge in [-0.25, -0.2) is 4.79 Å². The normalized spacial score (nSPS) is 11.4. The van der Waals surface area contributed by atoms with Crippen molar-refractivity contribution >= 4 is 22.8 Å². The van der Waals surface area contributed by atoms with Gasteiger partial charge in [0.05, 0.1) is 6.20 Å². The second-order valence-electron chi connectivity index (χ2n) is 4.99. The van der Waals surface area contributed by atoms with Crippen molar-refractivity contribution in [1.82, 2.24) is 9.78 Å². The molecule has 0 aliphatic heterocycles. The van der Waals surface area contributed by atoms with Gasteiger partial charge in [-0.1, -0.05) is 18.2 Å². The van der Waals surface area contributed by atoms with Gasteiger partial charge in [0.15, 0.2) is 5.78 Å². The van der Waals surface area contributed by atoms with Crippen molar-refractivity contribution in [1.29, 1.82) is 0 Å². The van der Waals surface area contributed by atoms with Gasteiger partial charge in [0.25, 0.3) is 0 Å². The van der Waals surface area contributed by atoms with Crippen molar-refractivity contribution in [2.75, 3.05) is 0 Å². The van der Waals surface area contributed by atoms with Crippen LogP contribution in [-0.2, 0) is 7.05 Å². The Kier molecular flexibility index (Phi) is 3.47. The predicted octanol–water partition coefficient (Wildman–Crippen LogP) is 2.73. The number of hydrogen-bond donors (Lipinski definition) is 0. The van der Waals surface area contributed by atoms with Crippen molar-refractivity contribution in [3.05, 3.63) is 69.8 Å². The molecular weight excluding hydrogens is 280 g/mol. The molecule has 3 aromatic rings. The topological polar surface area (TPSA) is 65.1 Å². The summed E-state index contributed by atoms with van der Waals surface area (Å²) in [6.45, 7) is 1.90. The Labute approximate surface area is 126 Å². The number of fused-ring (bicyclic) bond motifs is 1. The van der Waals surface area contributed by atoms with Gasteiger partial charge in [0.1, 0.15) is 11.1 Å². The van der Waals surface area contributed by atoms with E-state index in [4.69, 9.17) is 4.42 Å². The summed E-state index contributed by atoms with van der Waals surface area (Å²) >= 11 is 0. The zero-order chi connectivity index (χ0) is 15.7. The van der Waals surface area contributed by atoms with Crippen LogP contribution in [0.25, 0.3) is 17.0 Å². The number of hydrogen-bond acceptors (Lipinski definition) is 4. The van der Waals surface area contributed by atoms with Crippen LogP contribution in [0.15, 0.2) is 51.8 Å². The van der Waals surface area contributed by atoms with E-state index < -0.39 is 5.63 Å². The zero-order valence-corrected chi connectivity index (χ0v) is 12.2. The van der Waals surface area contributed by atoms with E-state index >= 15 is 0 Å². The van der Waals surface area contributed by atoms with Gasteiger partial charge in [-0.15, -0.1) is 0 Å². The van der Waals surface area contributed by atoms with E-state index in [1.165, 1.54) is 6.08 Å². The number of aromatic nitrogens is 2. The third-order valence-corrected chi connectivity index (χ3v) is 3.59. The number of allylic oxidation sites excluding steroid dienone is 1. The first kappa shape index (κ1) is 14.0. The second-order valence-corrected chi connectivity index (χ2v) is 4.99. The Morgan fingerprint density at radius 2 is 2.09 bits per heavy atom. The van der Waals surface area contributed by atoms with Crippen LogP contribution >= 0.6 is 0 Å². The van der Waals surface area contributed by atoms with Crippen molar-refractivity contribution in [2.24, 2.45) is 7.05 Å². The van der Waals surface area contributed by atoms with Crippen molar-refractivity contribution in [3.8, 4) is 0 Å².